The van der Waals surface area contributed by atoms with E-state index in [2.05, 4.69) is 15.7 Å². The van der Waals surface area contributed by atoms with Crippen LogP contribution in [0.2, 0.25) is 0 Å². The molecule has 0 bridgehead atoms. The van der Waals surface area contributed by atoms with E-state index in [4.69, 9.17) is 0 Å². The van der Waals surface area contributed by atoms with Crippen LogP contribution in [0.4, 0.5) is 5.69 Å². The van der Waals surface area contributed by atoms with Crippen molar-refractivity contribution in [2.45, 2.75) is 25.7 Å². The van der Waals surface area contributed by atoms with Crippen molar-refractivity contribution >= 4 is 11.6 Å². The first kappa shape index (κ1) is 17.5. The summed E-state index contributed by atoms with van der Waals surface area (Å²) in [6.45, 7) is 3.92. The summed E-state index contributed by atoms with van der Waals surface area (Å²) in [7, 11) is 0. The Morgan fingerprint density at radius 1 is 1.07 bits per heavy atom. The number of para-hydroxylation sites is 2. The third kappa shape index (κ3) is 3.64. The van der Waals surface area contributed by atoms with Gasteiger partial charge in [-0.1, -0.05) is 36.4 Å². The van der Waals surface area contributed by atoms with Crippen LogP contribution in [0.3, 0.4) is 0 Å². The SMILES string of the molecule is Cc1ccccc1NC(=O)c1cnn(-c2ccccc2)c1C1CCNCC1. The molecular weight excluding hydrogens is 336 g/mol. The summed E-state index contributed by atoms with van der Waals surface area (Å²) < 4.78 is 1.93. The molecule has 138 valence electrons. The van der Waals surface area contributed by atoms with E-state index in [1.54, 1.807) is 6.20 Å². The molecule has 1 aromatic heterocycles. The Hall–Kier alpha value is -2.92. The van der Waals surface area contributed by atoms with E-state index in [0.717, 1.165) is 48.6 Å². The minimum atomic E-state index is -0.0972. The number of hydrogen-bond donors (Lipinski definition) is 2. The van der Waals surface area contributed by atoms with Crippen molar-refractivity contribution in [1.29, 1.82) is 0 Å². The Balaban J connectivity index is 1.72. The van der Waals surface area contributed by atoms with Crippen LogP contribution in [0.5, 0.6) is 0 Å². The molecule has 1 saturated heterocycles. The first-order chi connectivity index (χ1) is 13.2. The van der Waals surface area contributed by atoms with E-state index < -0.39 is 0 Å². The van der Waals surface area contributed by atoms with E-state index in [1.165, 1.54) is 0 Å². The highest BCUT2D eigenvalue weighted by molar-refractivity contribution is 6.05. The summed E-state index contributed by atoms with van der Waals surface area (Å²) in [5, 5.41) is 11.0. The first-order valence-corrected chi connectivity index (χ1v) is 9.45. The lowest BCUT2D eigenvalue weighted by molar-refractivity contribution is 0.102. The number of piperidine rings is 1. The second-order valence-corrected chi connectivity index (χ2v) is 6.98. The largest absolute Gasteiger partial charge is 0.322 e. The van der Waals surface area contributed by atoms with Gasteiger partial charge in [0.05, 0.1) is 23.1 Å². The number of benzene rings is 2. The fourth-order valence-corrected chi connectivity index (χ4v) is 3.70. The molecule has 2 heterocycles. The van der Waals surface area contributed by atoms with Gasteiger partial charge >= 0.3 is 0 Å². The zero-order valence-corrected chi connectivity index (χ0v) is 15.5. The summed E-state index contributed by atoms with van der Waals surface area (Å²) in [4.78, 5) is 13.1. The van der Waals surface area contributed by atoms with Gasteiger partial charge in [0.2, 0.25) is 0 Å². The number of aryl methyl sites for hydroxylation is 1. The summed E-state index contributed by atoms with van der Waals surface area (Å²) in [6, 6.07) is 17.9. The van der Waals surface area contributed by atoms with E-state index in [-0.39, 0.29) is 5.91 Å². The molecule has 1 amide bonds. The fourth-order valence-electron chi connectivity index (χ4n) is 3.70. The molecule has 0 aliphatic carbocycles. The van der Waals surface area contributed by atoms with Crippen LogP contribution >= 0.6 is 0 Å². The normalized spacial score (nSPS) is 14.9. The van der Waals surface area contributed by atoms with Gasteiger partial charge in [0.25, 0.3) is 5.91 Å². The number of nitrogens with zero attached hydrogens (tertiary/aromatic N) is 2. The molecule has 27 heavy (non-hydrogen) atoms. The maximum absolute atomic E-state index is 13.1. The zero-order valence-electron chi connectivity index (χ0n) is 15.5. The maximum atomic E-state index is 13.1. The molecule has 5 nitrogen and oxygen atoms in total. The standard InChI is InChI=1S/C22H24N4O/c1-16-7-5-6-10-20(16)25-22(27)19-15-24-26(18-8-3-2-4-9-18)21(19)17-11-13-23-14-12-17/h2-10,15,17,23H,11-14H2,1H3,(H,25,27). The van der Waals surface area contributed by atoms with Gasteiger partial charge in [-0.2, -0.15) is 5.10 Å². The van der Waals surface area contributed by atoms with Gasteiger partial charge in [0.15, 0.2) is 0 Å². The van der Waals surface area contributed by atoms with Crippen LogP contribution in [0.1, 0.15) is 40.4 Å². The van der Waals surface area contributed by atoms with E-state index >= 15 is 0 Å². The third-order valence-electron chi connectivity index (χ3n) is 5.17. The van der Waals surface area contributed by atoms with Gasteiger partial charge in [-0.15, -0.1) is 0 Å². The molecule has 0 spiro atoms. The van der Waals surface area contributed by atoms with Crippen LogP contribution in [0.25, 0.3) is 5.69 Å². The van der Waals surface area contributed by atoms with Crippen molar-refractivity contribution in [3.63, 3.8) is 0 Å². The van der Waals surface area contributed by atoms with Gasteiger partial charge in [-0.3, -0.25) is 4.79 Å². The molecular formula is C22H24N4O. The summed E-state index contributed by atoms with van der Waals surface area (Å²) in [5.41, 5.74) is 4.54. The highest BCUT2D eigenvalue weighted by atomic mass is 16.1. The lowest BCUT2D eigenvalue weighted by Gasteiger charge is -2.24. The Labute approximate surface area is 159 Å². The van der Waals surface area contributed by atoms with Crippen molar-refractivity contribution in [1.82, 2.24) is 15.1 Å². The van der Waals surface area contributed by atoms with Gasteiger partial charge < -0.3 is 10.6 Å². The Bertz CT molecular complexity index is 926. The molecule has 3 aromatic rings. The number of amides is 1. The molecule has 2 aromatic carbocycles. The van der Waals surface area contributed by atoms with Crippen LogP contribution in [0.15, 0.2) is 60.8 Å². The minimum absolute atomic E-state index is 0.0972. The van der Waals surface area contributed by atoms with E-state index in [0.29, 0.717) is 11.5 Å². The summed E-state index contributed by atoms with van der Waals surface area (Å²) in [6.07, 6.45) is 3.71. The lowest BCUT2D eigenvalue weighted by Crippen LogP contribution is -2.29. The van der Waals surface area contributed by atoms with Crippen molar-refractivity contribution in [2.24, 2.45) is 0 Å². The van der Waals surface area contributed by atoms with Gasteiger partial charge in [0, 0.05) is 11.6 Å². The van der Waals surface area contributed by atoms with E-state index in [1.807, 2.05) is 66.2 Å². The lowest BCUT2D eigenvalue weighted by atomic mass is 9.91. The Kier molecular flexibility index (Phi) is 5.03. The van der Waals surface area contributed by atoms with Crippen LogP contribution < -0.4 is 10.6 Å². The van der Waals surface area contributed by atoms with Crippen molar-refractivity contribution in [3.8, 4) is 5.69 Å². The van der Waals surface area contributed by atoms with Crippen LogP contribution in [-0.4, -0.2) is 28.8 Å². The quantitative estimate of drug-likeness (QED) is 0.742. The number of nitrogens with one attached hydrogen (secondary N) is 2. The van der Waals surface area contributed by atoms with Crippen molar-refractivity contribution < 1.29 is 4.79 Å². The third-order valence-corrected chi connectivity index (χ3v) is 5.17. The van der Waals surface area contributed by atoms with Crippen molar-refractivity contribution in [2.75, 3.05) is 18.4 Å². The number of carbonyl (C=O) groups excluding carboxylic acids is 1. The number of carbonyl (C=O) groups is 1. The fraction of sp³-hybridized carbons (Fsp3) is 0.273. The molecule has 1 aliphatic heterocycles. The molecule has 0 atom stereocenters. The summed E-state index contributed by atoms with van der Waals surface area (Å²) in [5.74, 6) is 0.214. The molecule has 1 aliphatic rings. The zero-order chi connectivity index (χ0) is 18.6. The summed E-state index contributed by atoms with van der Waals surface area (Å²) >= 11 is 0. The molecule has 1 fully saturated rings. The molecule has 5 heteroatoms. The second-order valence-electron chi connectivity index (χ2n) is 6.98. The highest BCUT2D eigenvalue weighted by Crippen LogP contribution is 2.30. The van der Waals surface area contributed by atoms with Gasteiger partial charge in [0.1, 0.15) is 0 Å². The van der Waals surface area contributed by atoms with Gasteiger partial charge in [-0.25, -0.2) is 4.68 Å². The monoisotopic (exact) mass is 360 g/mol. The van der Waals surface area contributed by atoms with Gasteiger partial charge in [-0.05, 0) is 56.6 Å². The predicted molar refractivity (Wildman–Crippen MR) is 108 cm³/mol. The maximum Gasteiger partial charge on any atom is 0.259 e. The Morgan fingerprint density at radius 3 is 2.52 bits per heavy atom. The minimum Gasteiger partial charge on any atom is -0.322 e. The Morgan fingerprint density at radius 2 is 1.78 bits per heavy atom. The van der Waals surface area contributed by atoms with Crippen LogP contribution in [-0.2, 0) is 0 Å². The average Bonchev–Trinajstić information content (AvgIpc) is 3.16. The number of anilines is 1. The number of hydrogen-bond acceptors (Lipinski definition) is 3. The molecule has 0 unspecified atom stereocenters. The number of aromatic nitrogens is 2. The highest BCUT2D eigenvalue weighted by Gasteiger charge is 2.27. The van der Waals surface area contributed by atoms with Crippen LogP contribution in [0, 0.1) is 6.92 Å². The van der Waals surface area contributed by atoms with E-state index in [9.17, 15) is 4.79 Å². The second kappa shape index (κ2) is 7.76. The molecule has 4 rings (SSSR count). The first-order valence-electron chi connectivity index (χ1n) is 9.45. The number of rotatable bonds is 4. The topological polar surface area (TPSA) is 59.0 Å². The smallest absolute Gasteiger partial charge is 0.259 e. The average molecular weight is 360 g/mol. The molecule has 0 saturated carbocycles. The molecule has 2 N–H and O–H groups in total. The predicted octanol–water partition coefficient (Wildman–Crippen LogP) is 3.90. The molecule has 0 radical (unpaired) electrons. The van der Waals surface area contributed by atoms with Crippen molar-refractivity contribution in [3.05, 3.63) is 77.6 Å².